The van der Waals surface area contributed by atoms with Gasteiger partial charge in [0, 0.05) is 11.6 Å². The van der Waals surface area contributed by atoms with Crippen molar-refractivity contribution in [1.29, 1.82) is 0 Å². The minimum absolute atomic E-state index is 0.239. The lowest BCUT2D eigenvalue weighted by atomic mass is 9.74. The predicted molar refractivity (Wildman–Crippen MR) is 75.3 cm³/mol. The summed E-state index contributed by atoms with van der Waals surface area (Å²) in [5.74, 6) is 0. The molecule has 2 rings (SSSR count). The van der Waals surface area contributed by atoms with E-state index in [1.54, 1.807) is 0 Å². The molecule has 1 aliphatic heterocycles. The first-order valence-corrected chi connectivity index (χ1v) is 6.97. The number of fused-ring (bicyclic) bond motifs is 1. The van der Waals surface area contributed by atoms with Crippen LogP contribution in [0.1, 0.15) is 57.9 Å². The van der Waals surface area contributed by atoms with E-state index in [0.29, 0.717) is 0 Å². The highest BCUT2D eigenvalue weighted by Gasteiger charge is 2.34. The number of aliphatic imine (C=N–C) groups is 1. The van der Waals surface area contributed by atoms with Crippen LogP contribution in [0.5, 0.6) is 0 Å². The van der Waals surface area contributed by atoms with Crippen LogP contribution in [0.25, 0.3) is 0 Å². The molecular weight excluding hydrogens is 206 g/mol. The van der Waals surface area contributed by atoms with Gasteiger partial charge in [0.05, 0.1) is 5.69 Å². The number of unbranched alkanes of at least 4 members (excludes halogenated alkanes) is 2. The van der Waals surface area contributed by atoms with Gasteiger partial charge in [-0.05, 0) is 24.5 Å². The third kappa shape index (κ3) is 2.43. The minimum Gasteiger partial charge on any atom is -0.260 e. The van der Waals surface area contributed by atoms with Crippen LogP contribution in [-0.4, -0.2) is 6.21 Å². The normalized spacial score (nSPS) is 16.1. The molecule has 0 saturated carbocycles. The standard InChI is InChI=1S/C16H23N/c1-3-5-11-16(12-6-4-2)13-17-15-10-8-7-9-14(15)16/h7-10,13H,3-6,11-12H2,1-2H3. The van der Waals surface area contributed by atoms with E-state index in [-0.39, 0.29) is 5.41 Å². The van der Waals surface area contributed by atoms with Gasteiger partial charge in [0.25, 0.3) is 0 Å². The van der Waals surface area contributed by atoms with Gasteiger partial charge in [0.1, 0.15) is 0 Å². The molecule has 0 saturated heterocycles. The molecule has 17 heavy (non-hydrogen) atoms. The van der Waals surface area contributed by atoms with Gasteiger partial charge in [0.15, 0.2) is 0 Å². The summed E-state index contributed by atoms with van der Waals surface area (Å²) < 4.78 is 0. The summed E-state index contributed by atoms with van der Waals surface area (Å²) in [6.45, 7) is 4.54. The van der Waals surface area contributed by atoms with Crippen molar-refractivity contribution in [3.05, 3.63) is 29.8 Å². The average Bonchev–Trinajstić information content (AvgIpc) is 2.74. The van der Waals surface area contributed by atoms with Crippen LogP contribution >= 0.6 is 0 Å². The van der Waals surface area contributed by atoms with Gasteiger partial charge in [-0.3, -0.25) is 4.99 Å². The molecule has 0 unspecified atom stereocenters. The van der Waals surface area contributed by atoms with Crippen LogP contribution in [0.2, 0.25) is 0 Å². The average molecular weight is 229 g/mol. The van der Waals surface area contributed by atoms with Gasteiger partial charge in [0.2, 0.25) is 0 Å². The SMILES string of the molecule is CCCCC1(CCCC)C=Nc2ccccc21. The molecule has 0 radical (unpaired) electrons. The summed E-state index contributed by atoms with van der Waals surface area (Å²) in [7, 11) is 0. The molecule has 0 aromatic heterocycles. The number of hydrogen-bond acceptors (Lipinski definition) is 1. The smallest absolute Gasteiger partial charge is 0.0667 e. The molecule has 1 heterocycles. The molecule has 0 atom stereocenters. The molecular formula is C16H23N. The summed E-state index contributed by atoms with van der Waals surface area (Å²) in [5, 5.41) is 0. The third-order valence-corrected chi connectivity index (χ3v) is 3.84. The van der Waals surface area contributed by atoms with Crippen molar-refractivity contribution in [2.45, 2.75) is 57.8 Å². The highest BCUT2D eigenvalue weighted by molar-refractivity contribution is 5.85. The molecule has 0 bridgehead atoms. The van der Waals surface area contributed by atoms with E-state index in [0.717, 1.165) is 0 Å². The summed E-state index contributed by atoms with van der Waals surface area (Å²) in [4.78, 5) is 4.63. The highest BCUT2D eigenvalue weighted by Crippen LogP contribution is 2.43. The first kappa shape index (κ1) is 12.3. The van der Waals surface area contributed by atoms with Crippen molar-refractivity contribution >= 4 is 11.9 Å². The second-order valence-electron chi connectivity index (χ2n) is 5.14. The van der Waals surface area contributed by atoms with Crippen LogP contribution in [0.4, 0.5) is 5.69 Å². The van der Waals surface area contributed by atoms with Gasteiger partial charge < -0.3 is 0 Å². The van der Waals surface area contributed by atoms with Gasteiger partial charge >= 0.3 is 0 Å². The number of hydrogen-bond donors (Lipinski definition) is 0. The number of benzene rings is 1. The van der Waals surface area contributed by atoms with E-state index in [9.17, 15) is 0 Å². The maximum Gasteiger partial charge on any atom is 0.0667 e. The van der Waals surface area contributed by atoms with E-state index in [1.165, 1.54) is 49.8 Å². The van der Waals surface area contributed by atoms with Crippen molar-refractivity contribution in [2.75, 3.05) is 0 Å². The van der Waals surface area contributed by atoms with Crippen molar-refractivity contribution < 1.29 is 0 Å². The van der Waals surface area contributed by atoms with E-state index < -0.39 is 0 Å². The van der Waals surface area contributed by atoms with Crippen molar-refractivity contribution in [3.8, 4) is 0 Å². The zero-order valence-electron chi connectivity index (χ0n) is 11.1. The largest absolute Gasteiger partial charge is 0.260 e. The second-order valence-corrected chi connectivity index (χ2v) is 5.14. The van der Waals surface area contributed by atoms with Crippen LogP contribution in [0.3, 0.4) is 0 Å². The fourth-order valence-corrected chi connectivity index (χ4v) is 2.78. The Bertz CT molecular complexity index is 384. The second kappa shape index (κ2) is 5.48. The van der Waals surface area contributed by atoms with E-state index >= 15 is 0 Å². The molecule has 1 aromatic rings. The summed E-state index contributed by atoms with van der Waals surface area (Å²) in [6.07, 6.45) is 9.86. The lowest BCUT2D eigenvalue weighted by molar-refractivity contribution is 0.462. The zero-order valence-corrected chi connectivity index (χ0v) is 11.1. The summed E-state index contributed by atoms with van der Waals surface area (Å²) in [6, 6.07) is 8.66. The van der Waals surface area contributed by atoms with Crippen LogP contribution in [0.15, 0.2) is 29.3 Å². The van der Waals surface area contributed by atoms with Crippen molar-refractivity contribution in [2.24, 2.45) is 4.99 Å². The molecule has 0 N–H and O–H groups in total. The Balaban J connectivity index is 2.26. The Hall–Kier alpha value is -1.11. The molecule has 0 amide bonds. The fourth-order valence-electron chi connectivity index (χ4n) is 2.78. The maximum atomic E-state index is 4.63. The Morgan fingerprint density at radius 2 is 1.65 bits per heavy atom. The summed E-state index contributed by atoms with van der Waals surface area (Å²) >= 11 is 0. The van der Waals surface area contributed by atoms with E-state index in [1.807, 2.05) is 0 Å². The number of nitrogens with zero attached hydrogens (tertiary/aromatic N) is 1. The first-order valence-electron chi connectivity index (χ1n) is 6.97. The van der Waals surface area contributed by atoms with Gasteiger partial charge in [-0.1, -0.05) is 57.7 Å². The molecule has 1 heteroatoms. The molecule has 92 valence electrons. The van der Waals surface area contributed by atoms with Gasteiger partial charge in [-0.25, -0.2) is 0 Å². The topological polar surface area (TPSA) is 12.4 Å². The third-order valence-electron chi connectivity index (χ3n) is 3.84. The maximum absolute atomic E-state index is 4.63. The quantitative estimate of drug-likeness (QED) is 0.649. The van der Waals surface area contributed by atoms with E-state index in [4.69, 9.17) is 0 Å². The van der Waals surface area contributed by atoms with Crippen LogP contribution < -0.4 is 0 Å². The number of rotatable bonds is 6. The van der Waals surface area contributed by atoms with Gasteiger partial charge in [-0.15, -0.1) is 0 Å². The molecule has 1 aromatic carbocycles. The Kier molecular flexibility index (Phi) is 3.98. The first-order chi connectivity index (χ1) is 8.32. The van der Waals surface area contributed by atoms with Crippen LogP contribution in [-0.2, 0) is 5.41 Å². The predicted octanol–water partition coefficient (Wildman–Crippen LogP) is 5.02. The summed E-state index contributed by atoms with van der Waals surface area (Å²) in [5.41, 5.74) is 2.89. The molecule has 0 fully saturated rings. The Morgan fingerprint density at radius 1 is 1.00 bits per heavy atom. The monoisotopic (exact) mass is 229 g/mol. The van der Waals surface area contributed by atoms with Gasteiger partial charge in [-0.2, -0.15) is 0 Å². The minimum atomic E-state index is 0.239. The Morgan fingerprint density at radius 3 is 2.29 bits per heavy atom. The molecule has 1 aliphatic rings. The van der Waals surface area contributed by atoms with E-state index in [2.05, 4.69) is 49.3 Å². The lowest BCUT2D eigenvalue weighted by Crippen LogP contribution is -2.25. The number of para-hydroxylation sites is 1. The molecule has 0 aliphatic carbocycles. The molecule has 1 nitrogen and oxygen atoms in total. The Labute approximate surface area is 105 Å². The lowest BCUT2D eigenvalue weighted by Gasteiger charge is -2.27. The van der Waals surface area contributed by atoms with Crippen molar-refractivity contribution in [1.82, 2.24) is 0 Å². The molecule has 0 spiro atoms. The zero-order chi connectivity index (χ0) is 12.1. The highest BCUT2D eigenvalue weighted by atomic mass is 14.8. The fraction of sp³-hybridized carbons (Fsp3) is 0.562. The van der Waals surface area contributed by atoms with Crippen molar-refractivity contribution in [3.63, 3.8) is 0 Å². The van der Waals surface area contributed by atoms with Crippen LogP contribution in [0, 0.1) is 0 Å².